The molecule has 2 aromatic heterocycles. The highest BCUT2D eigenvalue weighted by molar-refractivity contribution is 6.28. The number of anilines is 1. The maximum absolute atomic E-state index is 6.05. The number of aromatic amines is 1. The molecule has 9 heteroatoms. The molecule has 4 heterocycles. The molecule has 0 amide bonds. The molecule has 1 fully saturated rings. The molecule has 2 aliphatic heterocycles. The number of benzene rings is 1. The van der Waals surface area contributed by atoms with Gasteiger partial charge >= 0.3 is 0 Å². The van der Waals surface area contributed by atoms with E-state index in [-0.39, 0.29) is 5.28 Å². The minimum Gasteiger partial charge on any atom is -0.454 e. The molecule has 1 aromatic carbocycles. The SMILES string of the molecule is Clc1nc(N2CCN(Cc3ccc4c(c3)OCO4)CC2)c2[nH]cnc2n1. The van der Waals surface area contributed by atoms with Crippen LogP contribution in [0.3, 0.4) is 0 Å². The molecule has 0 aliphatic carbocycles. The summed E-state index contributed by atoms with van der Waals surface area (Å²) in [4.78, 5) is 20.5. The quantitative estimate of drug-likeness (QED) is 0.705. The van der Waals surface area contributed by atoms with Crippen molar-refractivity contribution < 1.29 is 9.47 Å². The minimum absolute atomic E-state index is 0.224. The van der Waals surface area contributed by atoms with E-state index in [0.29, 0.717) is 12.4 Å². The summed E-state index contributed by atoms with van der Waals surface area (Å²) in [7, 11) is 0. The lowest BCUT2D eigenvalue weighted by atomic mass is 10.1. The van der Waals surface area contributed by atoms with Gasteiger partial charge in [-0.05, 0) is 29.3 Å². The molecule has 0 atom stereocenters. The smallest absolute Gasteiger partial charge is 0.231 e. The number of imidazole rings is 1. The number of H-pyrrole nitrogens is 1. The minimum atomic E-state index is 0.224. The third-order valence-corrected chi connectivity index (χ3v) is 4.92. The lowest BCUT2D eigenvalue weighted by molar-refractivity contribution is 0.174. The third-order valence-electron chi connectivity index (χ3n) is 4.75. The second-order valence-corrected chi connectivity index (χ2v) is 6.71. The number of hydrogen-bond donors (Lipinski definition) is 1. The number of nitrogens with zero attached hydrogens (tertiary/aromatic N) is 5. The molecule has 2 aliphatic rings. The number of nitrogens with one attached hydrogen (secondary N) is 1. The summed E-state index contributed by atoms with van der Waals surface area (Å²) >= 11 is 6.05. The Labute approximate surface area is 154 Å². The van der Waals surface area contributed by atoms with Gasteiger partial charge < -0.3 is 19.4 Å². The summed E-state index contributed by atoms with van der Waals surface area (Å²) in [5.41, 5.74) is 2.66. The van der Waals surface area contributed by atoms with Crippen molar-refractivity contribution in [1.29, 1.82) is 0 Å². The van der Waals surface area contributed by atoms with Crippen LogP contribution in [0.2, 0.25) is 5.28 Å². The Hall–Kier alpha value is -2.58. The predicted octanol–water partition coefficient (Wildman–Crippen LogP) is 2.06. The van der Waals surface area contributed by atoms with Crippen molar-refractivity contribution in [3.05, 3.63) is 35.4 Å². The Kier molecular flexibility index (Phi) is 3.79. The Morgan fingerprint density at radius 2 is 1.92 bits per heavy atom. The molecule has 0 bridgehead atoms. The lowest BCUT2D eigenvalue weighted by Gasteiger charge is -2.35. The van der Waals surface area contributed by atoms with Gasteiger partial charge in [-0.3, -0.25) is 4.90 Å². The average molecular weight is 373 g/mol. The maximum Gasteiger partial charge on any atom is 0.231 e. The first-order valence-corrected chi connectivity index (χ1v) is 8.86. The molecule has 26 heavy (non-hydrogen) atoms. The van der Waals surface area contributed by atoms with Gasteiger partial charge in [0.2, 0.25) is 12.1 Å². The van der Waals surface area contributed by atoms with E-state index in [0.717, 1.165) is 55.6 Å². The van der Waals surface area contributed by atoms with Crippen LogP contribution in [0.4, 0.5) is 5.82 Å². The first-order chi connectivity index (χ1) is 12.8. The zero-order chi connectivity index (χ0) is 17.5. The van der Waals surface area contributed by atoms with Gasteiger partial charge in [0, 0.05) is 32.7 Å². The third kappa shape index (κ3) is 2.81. The molecule has 8 nitrogen and oxygen atoms in total. The molecule has 134 valence electrons. The summed E-state index contributed by atoms with van der Waals surface area (Å²) in [6, 6.07) is 6.14. The highest BCUT2D eigenvalue weighted by Crippen LogP contribution is 2.33. The van der Waals surface area contributed by atoms with Crippen molar-refractivity contribution in [2.75, 3.05) is 37.9 Å². The first-order valence-electron chi connectivity index (χ1n) is 8.49. The molecule has 0 unspecified atom stereocenters. The Morgan fingerprint density at radius 3 is 2.81 bits per heavy atom. The lowest BCUT2D eigenvalue weighted by Crippen LogP contribution is -2.46. The van der Waals surface area contributed by atoms with Crippen molar-refractivity contribution in [3.8, 4) is 11.5 Å². The summed E-state index contributed by atoms with van der Waals surface area (Å²) in [6.07, 6.45) is 1.62. The summed E-state index contributed by atoms with van der Waals surface area (Å²) < 4.78 is 10.8. The van der Waals surface area contributed by atoms with Gasteiger partial charge in [0.15, 0.2) is 23.0 Å². The first kappa shape index (κ1) is 15.7. The van der Waals surface area contributed by atoms with E-state index in [1.165, 1.54) is 5.56 Å². The molecular weight excluding hydrogens is 356 g/mol. The van der Waals surface area contributed by atoms with Crippen LogP contribution >= 0.6 is 11.6 Å². The van der Waals surface area contributed by atoms with Crippen LogP contribution in [0.15, 0.2) is 24.5 Å². The Morgan fingerprint density at radius 1 is 1.08 bits per heavy atom. The number of rotatable bonds is 3. The molecule has 3 aromatic rings. The number of aromatic nitrogens is 4. The van der Waals surface area contributed by atoms with Gasteiger partial charge in [0.25, 0.3) is 0 Å². The van der Waals surface area contributed by atoms with Gasteiger partial charge in [-0.25, -0.2) is 4.98 Å². The van der Waals surface area contributed by atoms with E-state index < -0.39 is 0 Å². The largest absolute Gasteiger partial charge is 0.454 e. The molecule has 1 N–H and O–H groups in total. The van der Waals surface area contributed by atoms with Gasteiger partial charge in [-0.2, -0.15) is 9.97 Å². The maximum atomic E-state index is 6.05. The fourth-order valence-electron chi connectivity index (χ4n) is 3.44. The number of fused-ring (bicyclic) bond motifs is 2. The van der Waals surface area contributed by atoms with Crippen LogP contribution in [-0.4, -0.2) is 57.8 Å². The molecule has 0 spiro atoms. The van der Waals surface area contributed by atoms with E-state index in [4.69, 9.17) is 21.1 Å². The molecule has 5 rings (SSSR count). The van der Waals surface area contributed by atoms with Crippen LogP contribution in [0.25, 0.3) is 11.2 Å². The summed E-state index contributed by atoms with van der Waals surface area (Å²) in [6.45, 7) is 4.80. The molecule has 0 saturated carbocycles. The molecular formula is C17H17ClN6O2. The second-order valence-electron chi connectivity index (χ2n) is 6.37. The van der Waals surface area contributed by atoms with E-state index in [1.807, 2.05) is 6.07 Å². The number of piperazine rings is 1. The van der Waals surface area contributed by atoms with Gasteiger partial charge in [-0.15, -0.1) is 0 Å². The highest BCUT2D eigenvalue weighted by atomic mass is 35.5. The zero-order valence-electron chi connectivity index (χ0n) is 14.0. The number of halogens is 1. The van der Waals surface area contributed by atoms with Crippen LogP contribution in [0.1, 0.15) is 5.56 Å². The monoisotopic (exact) mass is 372 g/mol. The van der Waals surface area contributed by atoms with Crippen LogP contribution in [-0.2, 0) is 6.54 Å². The Bertz CT molecular complexity index is 954. The average Bonchev–Trinajstić information content (AvgIpc) is 3.30. The Balaban J connectivity index is 1.28. The summed E-state index contributed by atoms with van der Waals surface area (Å²) in [5, 5.41) is 0.224. The van der Waals surface area contributed by atoms with E-state index in [9.17, 15) is 0 Å². The summed E-state index contributed by atoms with van der Waals surface area (Å²) in [5.74, 6) is 2.47. The fraction of sp³-hybridized carbons (Fsp3) is 0.353. The van der Waals surface area contributed by atoms with Gasteiger partial charge in [-0.1, -0.05) is 6.07 Å². The van der Waals surface area contributed by atoms with E-state index in [1.54, 1.807) is 6.33 Å². The van der Waals surface area contributed by atoms with Crippen LogP contribution in [0.5, 0.6) is 11.5 Å². The van der Waals surface area contributed by atoms with Crippen LogP contribution < -0.4 is 14.4 Å². The fourth-order valence-corrected chi connectivity index (χ4v) is 3.60. The molecule has 1 saturated heterocycles. The highest BCUT2D eigenvalue weighted by Gasteiger charge is 2.22. The normalized spacial score (nSPS) is 17.2. The van der Waals surface area contributed by atoms with E-state index in [2.05, 4.69) is 41.9 Å². The van der Waals surface area contributed by atoms with Crippen molar-refractivity contribution in [1.82, 2.24) is 24.8 Å². The van der Waals surface area contributed by atoms with Crippen molar-refractivity contribution in [2.24, 2.45) is 0 Å². The predicted molar refractivity (Wildman–Crippen MR) is 96.7 cm³/mol. The van der Waals surface area contributed by atoms with Crippen molar-refractivity contribution in [2.45, 2.75) is 6.54 Å². The number of hydrogen-bond acceptors (Lipinski definition) is 7. The van der Waals surface area contributed by atoms with Crippen LogP contribution in [0, 0.1) is 0 Å². The zero-order valence-corrected chi connectivity index (χ0v) is 14.7. The van der Waals surface area contributed by atoms with E-state index >= 15 is 0 Å². The van der Waals surface area contributed by atoms with Crippen molar-refractivity contribution >= 4 is 28.6 Å². The second kappa shape index (κ2) is 6.30. The van der Waals surface area contributed by atoms with Gasteiger partial charge in [0.05, 0.1) is 6.33 Å². The van der Waals surface area contributed by atoms with Gasteiger partial charge in [0.1, 0.15) is 5.52 Å². The molecule has 0 radical (unpaired) electrons. The topological polar surface area (TPSA) is 79.4 Å². The van der Waals surface area contributed by atoms with Crippen molar-refractivity contribution in [3.63, 3.8) is 0 Å². The number of ether oxygens (including phenoxy) is 2. The standard InChI is InChI=1S/C17H17ClN6O2/c18-17-21-15-14(19-9-20-15)16(22-17)24-5-3-23(4-6-24)8-11-1-2-12-13(7-11)26-10-25-12/h1-2,7,9H,3-6,8,10H2,(H,19,20,21,22).